The van der Waals surface area contributed by atoms with Gasteiger partial charge in [-0.15, -0.1) is 10.2 Å². The summed E-state index contributed by atoms with van der Waals surface area (Å²) < 4.78 is 0. The van der Waals surface area contributed by atoms with Crippen LogP contribution in [0.25, 0.3) is 0 Å². The van der Waals surface area contributed by atoms with Gasteiger partial charge in [0, 0.05) is 17.2 Å². The van der Waals surface area contributed by atoms with Crippen LogP contribution in [-0.2, 0) is 0 Å². The standard InChI is InChI=1S/C13H20N4OS2/c1-2-19-10-5-3-4-9(10)14-12(18)15-13-17-16-11(20-13)8-6-7-8/h8-10H,2-7H2,1H3,(H2,14,15,17,18)/t9-,10+/m1/s1. The fraction of sp³-hybridized carbons (Fsp3) is 0.769. The largest absolute Gasteiger partial charge is 0.334 e. The van der Waals surface area contributed by atoms with E-state index in [2.05, 4.69) is 27.8 Å². The van der Waals surface area contributed by atoms with Gasteiger partial charge in [-0.25, -0.2) is 4.79 Å². The van der Waals surface area contributed by atoms with Crippen LogP contribution in [0.15, 0.2) is 0 Å². The van der Waals surface area contributed by atoms with Gasteiger partial charge in [0.05, 0.1) is 0 Å². The van der Waals surface area contributed by atoms with E-state index in [1.807, 2.05) is 11.8 Å². The molecule has 0 bridgehead atoms. The second-order valence-corrected chi connectivity index (χ2v) is 7.87. The Labute approximate surface area is 127 Å². The number of hydrogen-bond donors (Lipinski definition) is 2. The molecule has 7 heteroatoms. The first kappa shape index (κ1) is 14.1. The summed E-state index contributed by atoms with van der Waals surface area (Å²) in [6, 6.07) is 0.146. The highest BCUT2D eigenvalue weighted by Crippen LogP contribution is 2.42. The summed E-state index contributed by atoms with van der Waals surface area (Å²) in [6.45, 7) is 2.17. The number of nitrogens with one attached hydrogen (secondary N) is 2. The van der Waals surface area contributed by atoms with Crippen molar-refractivity contribution in [3.8, 4) is 0 Å². The predicted molar refractivity (Wildman–Crippen MR) is 83.6 cm³/mol. The Morgan fingerprint density at radius 2 is 2.20 bits per heavy atom. The van der Waals surface area contributed by atoms with E-state index in [1.165, 1.54) is 37.0 Å². The molecule has 2 atom stereocenters. The Balaban J connectivity index is 1.50. The van der Waals surface area contributed by atoms with E-state index in [9.17, 15) is 4.79 Å². The van der Waals surface area contributed by atoms with Gasteiger partial charge in [0.15, 0.2) is 0 Å². The minimum Gasteiger partial charge on any atom is -0.334 e. The average Bonchev–Trinajstić information content (AvgIpc) is 3.03. The number of nitrogens with zero attached hydrogens (tertiary/aromatic N) is 2. The molecule has 2 saturated carbocycles. The van der Waals surface area contributed by atoms with Crippen LogP contribution in [0.2, 0.25) is 0 Å². The maximum atomic E-state index is 12.0. The third-order valence-corrected chi connectivity index (χ3v) is 6.06. The molecular weight excluding hydrogens is 292 g/mol. The number of hydrogen-bond acceptors (Lipinski definition) is 5. The number of aromatic nitrogens is 2. The normalized spacial score (nSPS) is 25.6. The fourth-order valence-electron chi connectivity index (χ4n) is 2.59. The highest BCUT2D eigenvalue weighted by Gasteiger charge is 2.30. The number of carbonyl (C=O) groups is 1. The van der Waals surface area contributed by atoms with E-state index in [1.54, 1.807) is 0 Å². The van der Waals surface area contributed by atoms with Gasteiger partial charge in [-0.05, 0) is 31.4 Å². The van der Waals surface area contributed by atoms with Crippen molar-refractivity contribution in [2.45, 2.75) is 56.2 Å². The molecule has 1 aromatic rings. The predicted octanol–water partition coefficient (Wildman–Crippen LogP) is 3.21. The van der Waals surface area contributed by atoms with Crippen molar-refractivity contribution in [1.29, 1.82) is 0 Å². The molecule has 1 aromatic heterocycles. The molecule has 2 amide bonds. The molecule has 5 nitrogen and oxygen atoms in total. The van der Waals surface area contributed by atoms with Crippen LogP contribution in [0, 0.1) is 0 Å². The van der Waals surface area contributed by atoms with Gasteiger partial charge in [-0.2, -0.15) is 11.8 Å². The van der Waals surface area contributed by atoms with Crippen LogP contribution in [0.1, 0.15) is 50.0 Å². The van der Waals surface area contributed by atoms with Crippen LogP contribution >= 0.6 is 23.1 Å². The van der Waals surface area contributed by atoms with Gasteiger partial charge in [0.2, 0.25) is 5.13 Å². The van der Waals surface area contributed by atoms with Gasteiger partial charge < -0.3 is 5.32 Å². The molecule has 0 spiro atoms. The molecule has 1 heterocycles. The zero-order chi connectivity index (χ0) is 13.9. The van der Waals surface area contributed by atoms with Crippen LogP contribution in [0.3, 0.4) is 0 Å². The lowest BCUT2D eigenvalue weighted by Crippen LogP contribution is -2.41. The molecule has 2 aliphatic carbocycles. The number of rotatable bonds is 5. The number of carbonyl (C=O) groups excluding carboxylic acids is 1. The van der Waals surface area contributed by atoms with Gasteiger partial charge in [-0.3, -0.25) is 5.32 Å². The van der Waals surface area contributed by atoms with Crippen molar-refractivity contribution in [2.24, 2.45) is 0 Å². The minimum absolute atomic E-state index is 0.142. The topological polar surface area (TPSA) is 66.9 Å². The van der Waals surface area contributed by atoms with E-state index in [-0.39, 0.29) is 12.1 Å². The van der Waals surface area contributed by atoms with Gasteiger partial charge in [0.1, 0.15) is 5.01 Å². The smallest absolute Gasteiger partial charge is 0.321 e. The Hall–Kier alpha value is -0.820. The fourth-order valence-corrected chi connectivity index (χ4v) is 4.69. The van der Waals surface area contributed by atoms with Crippen LogP contribution in [-0.4, -0.2) is 33.3 Å². The van der Waals surface area contributed by atoms with Crippen molar-refractivity contribution in [3.63, 3.8) is 0 Å². The molecule has 2 fully saturated rings. The van der Waals surface area contributed by atoms with E-state index in [4.69, 9.17) is 0 Å². The van der Waals surface area contributed by atoms with Crippen LogP contribution in [0.4, 0.5) is 9.93 Å². The monoisotopic (exact) mass is 312 g/mol. The molecule has 2 N–H and O–H groups in total. The molecule has 0 unspecified atom stereocenters. The van der Waals surface area contributed by atoms with Crippen LogP contribution < -0.4 is 10.6 Å². The molecule has 110 valence electrons. The molecule has 0 aromatic carbocycles. The Morgan fingerprint density at radius 3 is 2.95 bits per heavy atom. The van der Waals surface area contributed by atoms with Gasteiger partial charge >= 0.3 is 6.03 Å². The van der Waals surface area contributed by atoms with Crippen molar-refractivity contribution >= 4 is 34.3 Å². The third kappa shape index (κ3) is 3.44. The molecular formula is C13H20N4OS2. The minimum atomic E-state index is -0.142. The van der Waals surface area contributed by atoms with Crippen molar-refractivity contribution < 1.29 is 4.79 Å². The molecule has 0 radical (unpaired) electrons. The first-order chi connectivity index (χ1) is 9.76. The average molecular weight is 312 g/mol. The quantitative estimate of drug-likeness (QED) is 0.876. The van der Waals surface area contributed by atoms with Crippen molar-refractivity contribution in [1.82, 2.24) is 15.5 Å². The van der Waals surface area contributed by atoms with Crippen molar-refractivity contribution in [3.05, 3.63) is 5.01 Å². The Morgan fingerprint density at radius 1 is 1.35 bits per heavy atom. The molecule has 0 aliphatic heterocycles. The highest BCUT2D eigenvalue weighted by molar-refractivity contribution is 7.99. The highest BCUT2D eigenvalue weighted by atomic mass is 32.2. The summed E-state index contributed by atoms with van der Waals surface area (Å²) in [5.41, 5.74) is 0. The molecule has 0 saturated heterocycles. The zero-order valence-corrected chi connectivity index (χ0v) is 13.2. The Bertz CT molecular complexity index is 475. The lowest BCUT2D eigenvalue weighted by atomic mass is 10.2. The lowest BCUT2D eigenvalue weighted by Gasteiger charge is -2.19. The number of urea groups is 1. The maximum absolute atomic E-state index is 12.0. The number of anilines is 1. The molecule has 20 heavy (non-hydrogen) atoms. The van der Waals surface area contributed by atoms with E-state index in [0.717, 1.165) is 17.2 Å². The molecule has 2 aliphatic rings. The number of amides is 2. The summed E-state index contributed by atoms with van der Waals surface area (Å²) in [5, 5.41) is 16.3. The molecule has 3 rings (SSSR count). The lowest BCUT2D eigenvalue weighted by molar-refractivity contribution is 0.249. The summed E-state index contributed by atoms with van der Waals surface area (Å²) in [5.74, 6) is 1.69. The first-order valence-electron chi connectivity index (χ1n) is 7.28. The van der Waals surface area contributed by atoms with Crippen molar-refractivity contribution in [2.75, 3.05) is 11.1 Å². The second kappa shape index (κ2) is 6.30. The summed E-state index contributed by atoms with van der Waals surface area (Å²) in [4.78, 5) is 12.0. The first-order valence-corrected chi connectivity index (χ1v) is 9.15. The number of thioether (sulfide) groups is 1. The third-order valence-electron chi connectivity index (χ3n) is 3.74. The van der Waals surface area contributed by atoms with E-state index in [0.29, 0.717) is 16.3 Å². The van der Waals surface area contributed by atoms with E-state index < -0.39 is 0 Å². The summed E-state index contributed by atoms with van der Waals surface area (Å²) in [6.07, 6.45) is 5.90. The van der Waals surface area contributed by atoms with Crippen LogP contribution in [0.5, 0.6) is 0 Å². The Kier molecular flexibility index (Phi) is 4.45. The summed E-state index contributed by atoms with van der Waals surface area (Å²) in [7, 11) is 0. The van der Waals surface area contributed by atoms with E-state index >= 15 is 0 Å². The summed E-state index contributed by atoms with van der Waals surface area (Å²) >= 11 is 3.45. The van der Waals surface area contributed by atoms with Gasteiger partial charge in [-0.1, -0.05) is 24.7 Å². The maximum Gasteiger partial charge on any atom is 0.321 e. The van der Waals surface area contributed by atoms with Gasteiger partial charge in [0.25, 0.3) is 0 Å². The SMILES string of the molecule is CCS[C@H]1CCC[C@H]1NC(=O)Nc1nnc(C2CC2)s1. The zero-order valence-electron chi connectivity index (χ0n) is 11.6. The second-order valence-electron chi connectivity index (χ2n) is 5.35.